The highest BCUT2D eigenvalue weighted by molar-refractivity contribution is 6.11. The Bertz CT molecular complexity index is 1580. The predicted molar refractivity (Wildman–Crippen MR) is 155 cm³/mol. The van der Waals surface area contributed by atoms with Crippen LogP contribution in [0.3, 0.4) is 0 Å². The number of rotatable bonds is 6. The van der Waals surface area contributed by atoms with Gasteiger partial charge in [-0.05, 0) is 73.4 Å². The molecule has 1 aliphatic rings. The first-order valence-corrected chi connectivity index (χ1v) is 13.5. The number of nitrogens with one attached hydrogen (secondary N) is 2. The van der Waals surface area contributed by atoms with Gasteiger partial charge in [0.15, 0.2) is 5.69 Å². The van der Waals surface area contributed by atoms with E-state index in [2.05, 4.69) is 36.4 Å². The number of piperidine rings is 1. The Labute approximate surface area is 232 Å². The highest BCUT2D eigenvalue weighted by Gasteiger charge is 2.17. The summed E-state index contributed by atoms with van der Waals surface area (Å²) >= 11 is 0. The fourth-order valence-corrected chi connectivity index (χ4v) is 4.61. The Morgan fingerprint density at radius 1 is 0.925 bits per heavy atom. The third kappa shape index (κ3) is 6.09. The van der Waals surface area contributed by atoms with Crippen molar-refractivity contribution in [1.82, 2.24) is 20.2 Å². The molecule has 9 heteroatoms. The van der Waals surface area contributed by atoms with Gasteiger partial charge in [-0.15, -0.1) is 0 Å². The fraction of sp³-hybridized carbons (Fsp3) is 0.226. The average molecular weight is 539 g/mol. The van der Waals surface area contributed by atoms with Crippen molar-refractivity contribution in [2.75, 3.05) is 23.3 Å². The molecular weight excluding hydrogens is 507 g/mol. The summed E-state index contributed by atoms with van der Waals surface area (Å²) in [7, 11) is 0. The summed E-state index contributed by atoms with van der Waals surface area (Å²) in [4.78, 5) is 24.2. The Hall–Kier alpha value is -4.79. The number of pyridine rings is 2. The van der Waals surface area contributed by atoms with Crippen molar-refractivity contribution < 1.29 is 13.9 Å². The molecule has 3 aromatic heterocycles. The molecule has 0 unspecified atom stereocenters. The number of amides is 1. The van der Waals surface area contributed by atoms with Crippen LogP contribution in [-0.4, -0.2) is 39.2 Å². The van der Waals surface area contributed by atoms with Gasteiger partial charge in [0.05, 0.1) is 29.3 Å². The van der Waals surface area contributed by atoms with Crippen LogP contribution in [0.2, 0.25) is 0 Å². The molecule has 0 atom stereocenters. The second-order valence-electron chi connectivity index (χ2n) is 9.21. The lowest BCUT2D eigenvalue weighted by atomic mass is 10.0. The van der Waals surface area contributed by atoms with Crippen molar-refractivity contribution in [3.8, 4) is 22.8 Å². The van der Waals surface area contributed by atoms with Crippen LogP contribution in [0.25, 0.3) is 22.0 Å². The molecule has 6 rings (SSSR count). The maximum Gasteiger partial charge on any atom is 0.276 e. The van der Waals surface area contributed by atoms with Crippen molar-refractivity contribution in [3.05, 3.63) is 90.8 Å². The van der Waals surface area contributed by atoms with E-state index in [9.17, 15) is 9.18 Å². The van der Waals surface area contributed by atoms with Crippen LogP contribution in [0.15, 0.2) is 79.3 Å². The zero-order valence-corrected chi connectivity index (χ0v) is 22.5. The molecular formula is C31H31FN6O2. The number of aromatic nitrogens is 4. The fourth-order valence-electron chi connectivity index (χ4n) is 4.61. The van der Waals surface area contributed by atoms with Crippen LogP contribution < -0.4 is 15.0 Å². The molecule has 0 aliphatic carbocycles. The van der Waals surface area contributed by atoms with E-state index in [0.29, 0.717) is 22.7 Å². The number of halogens is 1. The summed E-state index contributed by atoms with van der Waals surface area (Å²) in [5.41, 5.74) is 4.61. The van der Waals surface area contributed by atoms with Gasteiger partial charge in [-0.3, -0.25) is 14.9 Å². The van der Waals surface area contributed by atoms with Gasteiger partial charge in [-0.2, -0.15) is 5.10 Å². The van der Waals surface area contributed by atoms with E-state index in [0.717, 1.165) is 35.4 Å². The minimum Gasteiger partial charge on any atom is -0.439 e. The molecule has 8 nitrogen and oxygen atoms in total. The van der Waals surface area contributed by atoms with E-state index < -0.39 is 0 Å². The lowest BCUT2D eigenvalue weighted by molar-refractivity contribution is 0.102. The van der Waals surface area contributed by atoms with Crippen molar-refractivity contribution in [3.63, 3.8) is 0 Å². The zero-order chi connectivity index (χ0) is 27.9. The van der Waals surface area contributed by atoms with Gasteiger partial charge in [-0.1, -0.05) is 19.9 Å². The first-order chi connectivity index (χ1) is 19.6. The first-order valence-electron chi connectivity index (χ1n) is 13.5. The summed E-state index contributed by atoms with van der Waals surface area (Å²) < 4.78 is 18.7. The number of nitrogens with zero attached hydrogens (tertiary/aromatic N) is 4. The van der Waals surface area contributed by atoms with Crippen LogP contribution in [0.5, 0.6) is 11.6 Å². The summed E-state index contributed by atoms with van der Waals surface area (Å²) in [6, 6.07) is 17.0. The zero-order valence-electron chi connectivity index (χ0n) is 22.5. The summed E-state index contributed by atoms with van der Waals surface area (Å²) in [6.45, 7) is 6.09. The van der Waals surface area contributed by atoms with E-state index in [1.165, 1.54) is 49.7 Å². The van der Waals surface area contributed by atoms with E-state index in [1.807, 2.05) is 44.4 Å². The maximum atomic E-state index is 13.1. The molecule has 0 spiro atoms. The smallest absolute Gasteiger partial charge is 0.276 e. The van der Waals surface area contributed by atoms with Crippen molar-refractivity contribution in [1.29, 1.82) is 0 Å². The lowest BCUT2D eigenvalue weighted by Crippen LogP contribution is -2.29. The first kappa shape index (κ1) is 26.8. The van der Waals surface area contributed by atoms with E-state index in [-0.39, 0.29) is 17.4 Å². The minimum absolute atomic E-state index is 0.286. The molecule has 1 amide bonds. The highest BCUT2D eigenvalue weighted by Crippen LogP contribution is 2.29. The summed E-state index contributed by atoms with van der Waals surface area (Å²) in [6.07, 6.45) is 8.92. The van der Waals surface area contributed by atoms with Crippen LogP contribution in [-0.2, 0) is 0 Å². The van der Waals surface area contributed by atoms with Crippen molar-refractivity contribution >= 4 is 28.2 Å². The molecule has 40 heavy (non-hydrogen) atoms. The van der Waals surface area contributed by atoms with Gasteiger partial charge < -0.3 is 15.0 Å². The molecule has 5 aromatic rings. The molecule has 204 valence electrons. The Balaban J connectivity index is 0.00000158. The largest absolute Gasteiger partial charge is 0.439 e. The molecule has 1 aliphatic heterocycles. The van der Waals surface area contributed by atoms with Gasteiger partial charge >= 0.3 is 0 Å². The van der Waals surface area contributed by atoms with Gasteiger partial charge in [-0.25, -0.2) is 9.37 Å². The quantitative estimate of drug-likeness (QED) is 0.237. The molecule has 4 heterocycles. The molecule has 1 saturated heterocycles. The Kier molecular flexibility index (Phi) is 8.29. The van der Waals surface area contributed by atoms with Gasteiger partial charge in [0.1, 0.15) is 11.6 Å². The maximum absolute atomic E-state index is 13.1. The number of hydrogen-bond acceptors (Lipinski definition) is 6. The minimum atomic E-state index is -0.359. The standard InChI is InChI=1S/C29H25FN6O2.C2H6/c30-21-5-8-24(9-6-21)38-27-11-7-22(17-32-27)33-29(37)28-25-15-19(4-10-26(25)34-35-28)20-14-23(18-31-16-20)36-12-2-1-3-13-36;1-2/h4-11,14-18H,1-3,12-13H2,(H,33,37)(H,34,35);1-2H3. The molecule has 1 fully saturated rings. The van der Waals surface area contributed by atoms with Crippen LogP contribution in [0, 0.1) is 5.82 Å². The number of carbonyl (C=O) groups excluding carboxylic acids is 1. The summed E-state index contributed by atoms with van der Waals surface area (Å²) in [5.74, 6) is 0.0858. The molecule has 0 bridgehead atoms. The predicted octanol–water partition coefficient (Wildman–Crippen LogP) is 7.22. The molecule has 0 saturated carbocycles. The SMILES string of the molecule is CC.O=C(Nc1ccc(Oc2ccc(F)cc2)nc1)c1n[nH]c2ccc(-c3cncc(N4CCCCC4)c3)cc12. The third-order valence-electron chi connectivity index (χ3n) is 6.59. The third-order valence-corrected chi connectivity index (χ3v) is 6.59. The average Bonchev–Trinajstić information content (AvgIpc) is 3.44. The van der Waals surface area contributed by atoms with Crippen molar-refractivity contribution in [2.45, 2.75) is 33.1 Å². The second kappa shape index (κ2) is 12.4. The van der Waals surface area contributed by atoms with Crippen LogP contribution in [0.1, 0.15) is 43.6 Å². The van der Waals surface area contributed by atoms with E-state index >= 15 is 0 Å². The number of fused-ring (bicyclic) bond motifs is 1. The van der Waals surface area contributed by atoms with Gasteiger partial charge in [0.2, 0.25) is 5.88 Å². The van der Waals surface area contributed by atoms with Crippen molar-refractivity contribution in [2.24, 2.45) is 0 Å². The number of H-pyrrole nitrogens is 1. The number of ether oxygens (including phenoxy) is 1. The van der Waals surface area contributed by atoms with E-state index in [4.69, 9.17) is 4.74 Å². The topological polar surface area (TPSA) is 96.0 Å². The number of hydrogen-bond donors (Lipinski definition) is 2. The Morgan fingerprint density at radius 3 is 2.48 bits per heavy atom. The van der Waals surface area contributed by atoms with E-state index in [1.54, 1.807) is 12.1 Å². The second-order valence-corrected chi connectivity index (χ2v) is 9.21. The normalized spacial score (nSPS) is 12.9. The number of benzene rings is 2. The molecule has 2 aromatic carbocycles. The lowest BCUT2D eigenvalue weighted by Gasteiger charge is -2.28. The number of carbonyl (C=O) groups is 1. The van der Waals surface area contributed by atoms with Crippen LogP contribution in [0.4, 0.5) is 15.8 Å². The monoisotopic (exact) mass is 538 g/mol. The molecule has 0 radical (unpaired) electrons. The number of aromatic amines is 1. The van der Waals surface area contributed by atoms with Gasteiger partial charge in [0, 0.05) is 36.3 Å². The number of anilines is 2. The highest BCUT2D eigenvalue weighted by atomic mass is 19.1. The Morgan fingerprint density at radius 2 is 1.73 bits per heavy atom. The van der Waals surface area contributed by atoms with Gasteiger partial charge in [0.25, 0.3) is 5.91 Å². The van der Waals surface area contributed by atoms with Crippen LogP contribution >= 0.6 is 0 Å². The summed E-state index contributed by atoms with van der Waals surface area (Å²) in [5, 5.41) is 10.8. The molecule has 2 N–H and O–H groups in total.